The van der Waals surface area contributed by atoms with E-state index in [0.29, 0.717) is 5.56 Å². The fourth-order valence-corrected chi connectivity index (χ4v) is 5.62. The van der Waals surface area contributed by atoms with E-state index in [-0.39, 0.29) is 0 Å². The molecule has 2 aliphatic heterocycles. The summed E-state index contributed by atoms with van der Waals surface area (Å²) in [7, 11) is -4.88. The van der Waals surface area contributed by atoms with Crippen LogP contribution in [-0.2, 0) is 31.6 Å². The second kappa shape index (κ2) is 10.2. The van der Waals surface area contributed by atoms with Gasteiger partial charge in [-0.05, 0) is 48.9 Å². The van der Waals surface area contributed by atoms with Gasteiger partial charge < -0.3 is 19.3 Å². The van der Waals surface area contributed by atoms with E-state index in [1.807, 2.05) is 58.2 Å². The van der Waals surface area contributed by atoms with Gasteiger partial charge in [-0.3, -0.25) is 19.0 Å². The van der Waals surface area contributed by atoms with Crippen LogP contribution in [0.3, 0.4) is 0 Å². The Labute approximate surface area is 210 Å². The first-order valence-electron chi connectivity index (χ1n) is 12.2. The lowest BCUT2D eigenvalue weighted by Gasteiger charge is -2.16. The van der Waals surface area contributed by atoms with Crippen LogP contribution in [0.4, 0.5) is 0 Å². The minimum atomic E-state index is -4.88. The van der Waals surface area contributed by atoms with E-state index in [1.54, 1.807) is 6.20 Å². The number of nitrogens with zero attached hydrogens (tertiary/aromatic N) is 2. The average Bonchev–Trinajstić information content (AvgIpc) is 3.47. The van der Waals surface area contributed by atoms with Crippen LogP contribution in [0, 0.1) is 6.92 Å². The van der Waals surface area contributed by atoms with Gasteiger partial charge in [-0.15, -0.1) is 0 Å². The molecule has 2 unspecified atom stereocenters. The standard InChI is InChI=1S/C24H26N3O6P.C2H6/c1-3-6-16-14(2)25-11-18(16)20-21(24(29)27(23(20)28)13-33-34(30,31)32)19-12-26-10-5-8-15-7-4-9-17(19)22(15)26;1-2/h3-4,6-7,9,11-12,20-21,25H,5,8,10,13H2,1-2H3,(H2,30,31,32);1-2H3/b6-3-;. The van der Waals surface area contributed by atoms with Gasteiger partial charge >= 0.3 is 7.82 Å². The Balaban J connectivity index is 0.00000148. The molecule has 2 amide bonds. The zero-order valence-electron chi connectivity index (χ0n) is 20.9. The molecule has 0 bridgehead atoms. The molecule has 5 rings (SSSR count). The third-order valence-electron chi connectivity index (χ3n) is 6.77. The molecule has 0 spiro atoms. The zero-order chi connectivity index (χ0) is 26.2. The lowest BCUT2D eigenvalue weighted by atomic mass is 9.82. The predicted molar refractivity (Wildman–Crippen MR) is 137 cm³/mol. The van der Waals surface area contributed by atoms with Gasteiger partial charge in [0, 0.05) is 30.0 Å². The highest BCUT2D eigenvalue weighted by molar-refractivity contribution is 7.46. The second-order valence-corrected chi connectivity index (χ2v) is 10.0. The van der Waals surface area contributed by atoms with Crippen molar-refractivity contribution in [2.75, 3.05) is 6.73 Å². The van der Waals surface area contributed by atoms with E-state index in [0.717, 1.165) is 52.0 Å². The van der Waals surface area contributed by atoms with Crippen molar-refractivity contribution in [2.24, 2.45) is 0 Å². The number of nitrogens with one attached hydrogen (secondary N) is 1. The number of carbonyl (C=O) groups excluding carboxylic acids is 2. The fourth-order valence-electron chi connectivity index (χ4n) is 5.35. The minimum Gasteiger partial charge on any atom is -0.364 e. The number of carbonyl (C=O) groups is 2. The van der Waals surface area contributed by atoms with Gasteiger partial charge in [-0.1, -0.05) is 44.2 Å². The summed E-state index contributed by atoms with van der Waals surface area (Å²) in [6, 6.07) is 6.02. The number of allylic oxidation sites excluding steroid dienone is 1. The van der Waals surface area contributed by atoms with E-state index in [2.05, 4.69) is 20.1 Å². The Morgan fingerprint density at radius 3 is 2.53 bits per heavy atom. The smallest absolute Gasteiger partial charge is 0.364 e. The molecule has 1 fully saturated rings. The molecule has 9 nitrogen and oxygen atoms in total. The molecular weight excluding hydrogens is 481 g/mol. The highest BCUT2D eigenvalue weighted by Gasteiger charge is 2.51. The second-order valence-electron chi connectivity index (χ2n) is 8.79. The van der Waals surface area contributed by atoms with Crippen molar-refractivity contribution >= 4 is 36.6 Å². The molecule has 10 heteroatoms. The number of phosphoric ester groups is 1. The van der Waals surface area contributed by atoms with Gasteiger partial charge in [0.1, 0.15) is 6.73 Å². The molecule has 2 aliphatic rings. The van der Waals surface area contributed by atoms with E-state index in [9.17, 15) is 23.9 Å². The van der Waals surface area contributed by atoms with Crippen LogP contribution < -0.4 is 0 Å². The summed E-state index contributed by atoms with van der Waals surface area (Å²) >= 11 is 0. The molecule has 3 aromatic rings. The number of aromatic amines is 1. The van der Waals surface area contributed by atoms with Crippen LogP contribution in [0.25, 0.3) is 17.0 Å². The number of rotatable bonds is 6. The molecule has 192 valence electrons. The number of aromatic nitrogens is 2. The van der Waals surface area contributed by atoms with E-state index in [1.165, 1.54) is 5.56 Å². The van der Waals surface area contributed by atoms with Crippen molar-refractivity contribution in [1.29, 1.82) is 0 Å². The summed E-state index contributed by atoms with van der Waals surface area (Å²) < 4.78 is 18.0. The normalized spacial score (nSPS) is 19.9. The number of amides is 2. The fraction of sp³-hybridized carbons (Fsp3) is 0.385. The topological polar surface area (TPSA) is 125 Å². The van der Waals surface area contributed by atoms with Gasteiger partial charge in [0.05, 0.1) is 17.4 Å². The number of hydrogen-bond donors (Lipinski definition) is 3. The van der Waals surface area contributed by atoms with Crippen molar-refractivity contribution in [3.8, 4) is 0 Å². The van der Waals surface area contributed by atoms with E-state index in [4.69, 9.17) is 0 Å². The maximum atomic E-state index is 13.7. The average molecular weight is 514 g/mol. The molecule has 1 saturated heterocycles. The molecule has 0 aliphatic carbocycles. The van der Waals surface area contributed by atoms with Gasteiger partial charge in [0.2, 0.25) is 11.8 Å². The first kappa shape index (κ1) is 26.1. The summed E-state index contributed by atoms with van der Waals surface area (Å²) in [5.74, 6) is -2.77. The maximum Gasteiger partial charge on any atom is 0.471 e. The molecule has 3 N–H and O–H groups in total. The molecule has 4 heterocycles. The third kappa shape index (κ3) is 4.48. The van der Waals surface area contributed by atoms with Crippen LogP contribution in [-0.4, -0.2) is 42.8 Å². The lowest BCUT2D eigenvalue weighted by Crippen LogP contribution is -2.32. The van der Waals surface area contributed by atoms with Crippen LogP contribution >= 0.6 is 7.82 Å². The predicted octanol–water partition coefficient (Wildman–Crippen LogP) is 4.59. The Morgan fingerprint density at radius 2 is 1.86 bits per heavy atom. The summed E-state index contributed by atoms with van der Waals surface area (Å²) in [5.41, 5.74) is 5.38. The maximum absolute atomic E-state index is 13.7. The van der Waals surface area contributed by atoms with Crippen molar-refractivity contribution in [2.45, 2.75) is 58.9 Å². The summed E-state index contributed by atoms with van der Waals surface area (Å²) in [5, 5.41) is 0.922. The largest absolute Gasteiger partial charge is 0.471 e. The number of imide groups is 1. The summed E-state index contributed by atoms with van der Waals surface area (Å²) in [6.07, 6.45) is 9.39. The first-order valence-corrected chi connectivity index (χ1v) is 13.7. The number of hydrogen-bond acceptors (Lipinski definition) is 4. The van der Waals surface area contributed by atoms with Gasteiger partial charge in [0.25, 0.3) is 0 Å². The third-order valence-corrected chi connectivity index (χ3v) is 7.22. The Bertz CT molecular complexity index is 1380. The van der Waals surface area contributed by atoms with Gasteiger partial charge in [-0.2, -0.15) is 0 Å². The first-order chi connectivity index (χ1) is 17.2. The van der Waals surface area contributed by atoms with Crippen molar-refractivity contribution in [1.82, 2.24) is 14.5 Å². The van der Waals surface area contributed by atoms with Crippen LogP contribution in [0.2, 0.25) is 0 Å². The molecule has 0 saturated carbocycles. The lowest BCUT2D eigenvalue weighted by molar-refractivity contribution is -0.142. The van der Waals surface area contributed by atoms with Crippen molar-refractivity contribution < 1.29 is 28.5 Å². The summed E-state index contributed by atoms with van der Waals surface area (Å²) in [6.45, 7) is 7.79. The number of aryl methyl sites for hydroxylation is 3. The number of benzene rings is 1. The highest BCUT2D eigenvalue weighted by Crippen LogP contribution is 2.47. The van der Waals surface area contributed by atoms with E-state index >= 15 is 0 Å². The summed E-state index contributed by atoms with van der Waals surface area (Å²) in [4.78, 5) is 49.6. The molecule has 1 aromatic carbocycles. The monoisotopic (exact) mass is 513 g/mol. The number of likely N-dealkylation sites (tertiary alicyclic amines) is 1. The highest BCUT2D eigenvalue weighted by atomic mass is 31.2. The zero-order valence-corrected chi connectivity index (χ0v) is 21.8. The van der Waals surface area contributed by atoms with Crippen LogP contribution in [0.15, 0.2) is 36.7 Å². The van der Waals surface area contributed by atoms with Crippen LogP contribution in [0.5, 0.6) is 0 Å². The minimum absolute atomic E-state index is 0.530. The molecule has 0 radical (unpaired) electrons. The van der Waals surface area contributed by atoms with Crippen LogP contribution in [0.1, 0.15) is 67.0 Å². The quantitative estimate of drug-likeness (QED) is 0.327. The van der Waals surface area contributed by atoms with Crippen molar-refractivity contribution in [3.63, 3.8) is 0 Å². The Morgan fingerprint density at radius 1 is 1.17 bits per heavy atom. The molecular formula is C26H32N3O6P. The Kier molecular flexibility index (Phi) is 7.38. The SMILES string of the molecule is C/C=C\c1c(C2C(=O)N(COP(=O)(O)O)C(=O)C2c2cn3c4c(cccc24)CCC3)c[nH]c1C.CC. The molecule has 2 aromatic heterocycles. The Hall–Kier alpha value is -2.97. The molecule has 36 heavy (non-hydrogen) atoms. The number of para-hydroxylation sites is 1. The van der Waals surface area contributed by atoms with Gasteiger partial charge in [-0.25, -0.2) is 4.57 Å². The van der Waals surface area contributed by atoms with E-state index < -0.39 is 38.2 Å². The van der Waals surface area contributed by atoms with Gasteiger partial charge in [0.15, 0.2) is 0 Å². The molecule has 2 atom stereocenters. The number of H-pyrrole nitrogens is 1. The van der Waals surface area contributed by atoms with Crippen molar-refractivity contribution in [3.05, 3.63) is 64.6 Å². The number of phosphoric acid groups is 1.